The van der Waals surface area contributed by atoms with Gasteiger partial charge in [-0.15, -0.1) is 0 Å². The third-order valence-corrected chi connectivity index (χ3v) is 1.82. The van der Waals surface area contributed by atoms with E-state index in [2.05, 4.69) is 11.3 Å². The van der Waals surface area contributed by atoms with E-state index in [9.17, 15) is 4.79 Å². The van der Waals surface area contributed by atoms with Gasteiger partial charge in [0.15, 0.2) is 0 Å². The lowest BCUT2D eigenvalue weighted by molar-refractivity contribution is 0.0600. The molecule has 0 aromatic heterocycles. The molecule has 0 bridgehead atoms. The number of rotatable bonds is 4. The summed E-state index contributed by atoms with van der Waals surface area (Å²) in [6, 6.07) is 6.48. The van der Waals surface area contributed by atoms with Gasteiger partial charge in [0.25, 0.3) is 0 Å². The number of carbonyl (C=O) groups is 1. The number of carbonyl (C=O) groups excluding carboxylic acids is 1. The van der Waals surface area contributed by atoms with Gasteiger partial charge in [-0.2, -0.15) is 5.26 Å². The minimum absolute atomic E-state index is 0.292. The van der Waals surface area contributed by atoms with E-state index in [1.165, 1.54) is 19.2 Å². The Hall–Kier alpha value is -2.28. The van der Waals surface area contributed by atoms with Crippen molar-refractivity contribution in [2.75, 3.05) is 13.7 Å². The average Bonchev–Trinajstić information content (AvgIpc) is 2.34. The molecule has 16 heavy (non-hydrogen) atoms. The van der Waals surface area contributed by atoms with Crippen LogP contribution in [0.5, 0.6) is 5.75 Å². The van der Waals surface area contributed by atoms with Crippen LogP contribution in [-0.4, -0.2) is 19.7 Å². The monoisotopic (exact) mass is 217 g/mol. The Morgan fingerprint density at radius 1 is 1.56 bits per heavy atom. The highest BCUT2D eigenvalue weighted by Gasteiger charge is 2.09. The lowest BCUT2D eigenvalue weighted by Crippen LogP contribution is -2.03. The second kappa shape index (κ2) is 5.56. The summed E-state index contributed by atoms with van der Waals surface area (Å²) >= 11 is 0. The van der Waals surface area contributed by atoms with Gasteiger partial charge in [0.05, 0.1) is 24.3 Å². The van der Waals surface area contributed by atoms with Crippen LogP contribution in [0.4, 0.5) is 0 Å². The summed E-state index contributed by atoms with van der Waals surface area (Å²) in [5, 5.41) is 8.79. The zero-order chi connectivity index (χ0) is 12.0. The van der Waals surface area contributed by atoms with Crippen LogP contribution >= 0.6 is 0 Å². The summed E-state index contributed by atoms with van der Waals surface area (Å²) in [6.45, 7) is 3.83. The summed E-state index contributed by atoms with van der Waals surface area (Å²) in [7, 11) is 1.28. The van der Waals surface area contributed by atoms with Crippen LogP contribution in [0.3, 0.4) is 0 Å². The second-order valence-corrected chi connectivity index (χ2v) is 2.95. The molecule has 82 valence electrons. The predicted molar refractivity (Wildman–Crippen MR) is 58.2 cm³/mol. The molecule has 1 aromatic carbocycles. The van der Waals surface area contributed by atoms with Crippen LogP contribution in [0.25, 0.3) is 0 Å². The minimum Gasteiger partial charge on any atom is -0.489 e. The Bertz CT molecular complexity index is 446. The van der Waals surface area contributed by atoms with Gasteiger partial charge in [0.1, 0.15) is 12.4 Å². The number of esters is 1. The normalized spacial score (nSPS) is 9.00. The van der Waals surface area contributed by atoms with E-state index in [1.54, 1.807) is 12.1 Å². The SMILES string of the molecule is C=CCOc1cc(C#N)cc(C(=O)OC)c1. The van der Waals surface area contributed by atoms with Crippen molar-refractivity contribution in [1.29, 1.82) is 5.26 Å². The van der Waals surface area contributed by atoms with Crippen molar-refractivity contribution in [2.24, 2.45) is 0 Å². The van der Waals surface area contributed by atoms with Gasteiger partial charge in [0.2, 0.25) is 0 Å². The zero-order valence-corrected chi connectivity index (χ0v) is 8.90. The van der Waals surface area contributed by atoms with E-state index < -0.39 is 5.97 Å². The van der Waals surface area contributed by atoms with Crippen LogP contribution < -0.4 is 4.74 Å². The first-order valence-electron chi connectivity index (χ1n) is 4.58. The molecule has 0 aliphatic carbocycles. The van der Waals surface area contributed by atoms with E-state index in [4.69, 9.17) is 10.00 Å². The molecule has 0 radical (unpaired) electrons. The first kappa shape index (κ1) is 11.8. The molecule has 0 aliphatic heterocycles. The molecule has 1 aromatic rings. The highest BCUT2D eigenvalue weighted by atomic mass is 16.5. The molecule has 4 nitrogen and oxygen atoms in total. The van der Waals surface area contributed by atoms with Gasteiger partial charge < -0.3 is 9.47 Å². The largest absolute Gasteiger partial charge is 0.489 e. The van der Waals surface area contributed by atoms with E-state index in [0.29, 0.717) is 23.5 Å². The van der Waals surface area contributed by atoms with Crippen molar-refractivity contribution in [3.63, 3.8) is 0 Å². The lowest BCUT2D eigenvalue weighted by Gasteiger charge is -2.06. The minimum atomic E-state index is -0.499. The van der Waals surface area contributed by atoms with Crippen molar-refractivity contribution in [1.82, 2.24) is 0 Å². The maximum absolute atomic E-state index is 11.3. The van der Waals surface area contributed by atoms with E-state index in [0.717, 1.165) is 0 Å². The summed E-state index contributed by atoms with van der Waals surface area (Å²) in [4.78, 5) is 11.3. The molecule has 0 saturated carbocycles. The van der Waals surface area contributed by atoms with Crippen LogP contribution in [0.15, 0.2) is 30.9 Å². The topological polar surface area (TPSA) is 59.3 Å². The first-order valence-corrected chi connectivity index (χ1v) is 4.58. The van der Waals surface area contributed by atoms with Crippen LogP contribution in [0, 0.1) is 11.3 Å². The van der Waals surface area contributed by atoms with E-state index in [1.807, 2.05) is 6.07 Å². The van der Waals surface area contributed by atoms with Crippen molar-refractivity contribution in [3.05, 3.63) is 42.0 Å². The fourth-order valence-electron chi connectivity index (χ4n) is 1.14. The number of benzene rings is 1. The molecule has 0 amide bonds. The number of methoxy groups -OCH3 is 1. The second-order valence-electron chi connectivity index (χ2n) is 2.95. The highest BCUT2D eigenvalue weighted by molar-refractivity contribution is 5.90. The third-order valence-electron chi connectivity index (χ3n) is 1.82. The summed E-state index contributed by atoms with van der Waals surface area (Å²) in [5.41, 5.74) is 0.641. The lowest BCUT2D eigenvalue weighted by atomic mass is 10.1. The maximum Gasteiger partial charge on any atom is 0.338 e. The van der Waals surface area contributed by atoms with Crippen molar-refractivity contribution >= 4 is 5.97 Å². The van der Waals surface area contributed by atoms with Crippen molar-refractivity contribution < 1.29 is 14.3 Å². The third kappa shape index (κ3) is 2.85. The molecule has 0 saturated heterocycles. The van der Waals surface area contributed by atoms with Gasteiger partial charge in [0, 0.05) is 0 Å². The molecular weight excluding hydrogens is 206 g/mol. The molecule has 0 unspecified atom stereocenters. The fourth-order valence-corrected chi connectivity index (χ4v) is 1.14. The van der Waals surface area contributed by atoms with Gasteiger partial charge in [-0.25, -0.2) is 4.79 Å². The maximum atomic E-state index is 11.3. The number of ether oxygens (including phenoxy) is 2. The number of hydrogen-bond donors (Lipinski definition) is 0. The fraction of sp³-hybridized carbons (Fsp3) is 0.167. The predicted octanol–water partition coefficient (Wildman–Crippen LogP) is 1.91. The van der Waals surface area contributed by atoms with E-state index >= 15 is 0 Å². The van der Waals surface area contributed by atoms with Gasteiger partial charge in [-0.1, -0.05) is 12.7 Å². The Kier molecular flexibility index (Phi) is 4.10. The zero-order valence-electron chi connectivity index (χ0n) is 8.90. The molecule has 4 heteroatoms. The Balaban J connectivity index is 3.06. The Morgan fingerprint density at radius 2 is 2.31 bits per heavy atom. The van der Waals surface area contributed by atoms with Crippen LogP contribution in [0.1, 0.15) is 15.9 Å². The molecule has 0 aliphatic rings. The molecule has 0 spiro atoms. The van der Waals surface area contributed by atoms with E-state index in [-0.39, 0.29) is 0 Å². The van der Waals surface area contributed by atoms with Gasteiger partial charge in [-0.3, -0.25) is 0 Å². The standard InChI is InChI=1S/C12H11NO3/c1-3-4-16-11-6-9(8-13)5-10(7-11)12(14)15-2/h3,5-7H,1,4H2,2H3. The van der Waals surface area contributed by atoms with Gasteiger partial charge in [-0.05, 0) is 18.2 Å². The number of hydrogen-bond acceptors (Lipinski definition) is 4. The van der Waals surface area contributed by atoms with Crippen molar-refractivity contribution in [2.45, 2.75) is 0 Å². The first-order chi connectivity index (χ1) is 7.71. The molecular formula is C12H11NO3. The summed E-state index contributed by atoms with van der Waals surface area (Å²) < 4.78 is 9.83. The molecule has 0 fully saturated rings. The van der Waals surface area contributed by atoms with Crippen molar-refractivity contribution in [3.8, 4) is 11.8 Å². The molecule has 0 atom stereocenters. The smallest absolute Gasteiger partial charge is 0.338 e. The quantitative estimate of drug-likeness (QED) is 0.571. The Morgan fingerprint density at radius 3 is 2.88 bits per heavy atom. The molecule has 0 heterocycles. The van der Waals surface area contributed by atoms with Crippen LogP contribution in [-0.2, 0) is 4.74 Å². The van der Waals surface area contributed by atoms with Crippen LogP contribution in [0.2, 0.25) is 0 Å². The molecule has 0 N–H and O–H groups in total. The average molecular weight is 217 g/mol. The Labute approximate surface area is 93.7 Å². The van der Waals surface area contributed by atoms with Gasteiger partial charge >= 0.3 is 5.97 Å². The summed E-state index contributed by atoms with van der Waals surface area (Å²) in [6.07, 6.45) is 1.58. The highest BCUT2D eigenvalue weighted by Crippen LogP contribution is 2.17. The number of nitrogens with zero attached hydrogens (tertiary/aromatic N) is 1. The summed E-state index contributed by atoms with van der Waals surface area (Å²) in [5.74, 6) is -0.0556. The number of nitriles is 1. The molecule has 1 rings (SSSR count).